The zero-order valence-electron chi connectivity index (χ0n) is 9.02. The summed E-state index contributed by atoms with van der Waals surface area (Å²) in [6.07, 6.45) is 1.32. The highest BCUT2D eigenvalue weighted by Gasteiger charge is 2.23. The molecule has 1 aliphatic rings. The lowest BCUT2D eigenvalue weighted by molar-refractivity contribution is -0.115. The molecule has 1 saturated heterocycles. The van der Waals surface area contributed by atoms with E-state index in [2.05, 4.69) is 5.32 Å². The number of nitrogens with one attached hydrogen (secondary N) is 1. The minimum absolute atomic E-state index is 0.188. The van der Waals surface area contributed by atoms with Gasteiger partial charge < -0.3 is 5.32 Å². The van der Waals surface area contributed by atoms with Crippen LogP contribution in [0.1, 0.15) is 15.9 Å². The highest BCUT2D eigenvalue weighted by Crippen LogP contribution is 2.23. The summed E-state index contributed by atoms with van der Waals surface area (Å²) in [5, 5.41) is 2.47. The van der Waals surface area contributed by atoms with Crippen LogP contribution >= 0.6 is 24.0 Å². The maximum absolute atomic E-state index is 11.9. The second-order valence-corrected chi connectivity index (χ2v) is 5.30. The van der Waals surface area contributed by atoms with E-state index in [9.17, 15) is 9.59 Å². The average molecular weight is 263 g/mol. The van der Waals surface area contributed by atoms with Crippen LogP contribution in [0.4, 0.5) is 0 Å². The highest BCUT2D eigenvalue weighted by molar-refractivity contribution is 8.26. The molecule has 5 heteroatoms. The molecule has 0 spiro atoms. The molecule has 0 saturated carbocycles. The number of hydrogen-bond donors (Lipinski definition) is 1. The van der Waals surface area contributed by atoms with Gasteiger partial charge in [0, 0.05) is 11.6 Å². The molecule has 0 radical (unpaired) electrons. The highest BCUT2D eigenvalue weighted by atomic mass is 32.2. The second-order valence-electron chi connectivity index (χ2n) is 3.58. The number of ketones is 1. The standard InChI is InChI=1S/C12H9NO2S2/c1-7-2-4-8(5-3-7)9(14)6-10-11(15)13-12(16)17-10/h2-6H,1H3,(H,13,15,16)/b10-6+. The number of amides is 1. The minimum atomic E-state index is -0.305. The van der Waals surface area contributed by atoms with Gasteiger partial charge in [-0.3, -0.25) is 9.59 Å². The number of carbonyl (C=O) groups excluding carboxylic acids is 2. The van der Waals surface area contributed by atoms with E-state index < -0.39 is 0 Å². The molecule has 2 rings (SSSR count). The quantitative estimate of drug-likeness (QED) is 0.505. The molecule has 0 atom stereocenters. The Bertz CT molecular complexity index is 532. The number of allylic oxidation sites excluding steroid dienone is 1. The summed E-state index contributed by atoms with van der Waals surface area (Å²) < 4.78 is 0.387. The number of thiocarbonyl (C=S) groups is 1. The lowest BCUT2D eigenvalue weighted by Gasteiger charge is -1.97. The van der Waals surface area contributed by atoms with Crippen LogP contribution in [0.3, 0.4) is 0 Å². The van der Waals surface area contributed by atoms with Crippen molar-refractivity contribution in [2.24, 2.45) is 0 Å². The molecule has 1 amide bonds. The van der Waals surface area contributed by atoms with Crippen molar-refractivity contribution >= 4 is 40.0 Å². The number of benzene rings is 1. The summed E-state index contributed by atoms with van der Waals surface area (Å²) in [7, 11) is 0. The molecular formula is C12H9NO2S2. The van der Waals surface area contributed by atoms with Crippen molar-refractivity contribution in [1.29, 1.82) is 0 Å². The van der Waals surface area contributed by atoms with Gasteiger partial charge in [-0.1, -0.05) is 53.8 Å². The fourth-order valence-corrected chi connectivity index (χ4v) is 2.36. The maximum Gasteiger partial charge on any atom is 0.263 e. The first-order valence-electron chi connectivity index (χ1n) is 4.92. The Labute approximate surface area is 108 Å². The lowest BCUT2D eigenvalue weighted by Crippen LogP contribution is -2.18. The molecule has 1 fully saturated rings. The molecule has 0 unspecified atom stereocenters. The molecule has 17 heavy (non-hydrogen) atoms. The monoisotopic (exact) mass is 263 g/mol. The predicted octanol–water partition coefficient (Wildman–Crippen LogP) is 2.21. The summed E-state index contributed by atoms with van der Waals surface area (Å²) in [5.41, 5.74) is 1.65. The Morgan fingerprint density at radius 3 is 2.53 bits per heavy atom. The predicted molar refractivity (Wildman–Crippen MR) is 71.9 cm³/mol. The van der Waals surface area contributed by atoms with Gasteiger partial charge in [0.2, 0.25) is 0 Å². The zero-order valence-corrected chi connectivity index (χ0v) is 10.7. The smallest absolute Gasteiger partial charge is 0.263 e. The summed E-state index contributed by atoms with van der Waals surface area (Å²) in [6.45, 7) is 1.95. The Balaban J connectivity index is 2.22. The van der Waals surface area contributed by atoms with Crippen molar-refractivity contribution in [1.82, 2.24) is 5.32 Å². The van der Waals surface area contributed by atoms with Crippen molar-refractivity contribution < 1.29 is 9.59 Å². The number of hydrogen-bond acceptors (Lipinski definition) is 4. The van der Waals surface area contributed by atoms with Gasteiger partial charge in [-0.2, -0.15) is 0 Å². The van der Waals surface area contributed by atoms with Gasteiger partial charge in [0.1, 0.15) is 4.32 Å². The largest absolute Gasteiger partial charge is 0.307 e. The SMILES string of the molecule is Cc1ccc(C(=O)/C=C2/SC(=S)NC2=O)cc1. The number of carbonyl (C=O) groups is 2. The molecule has 0 aromatic heterocycles. The number of aryl methyl sites for hydroxylation is 1. The van der Waals surface area contributed by atoms with Crippen molar-refractivity contribution in [3.05, 3.63) is 46.4 Å². The fraction of sp³-hybridized carbons (Fsp3) is 0.0833. The summed E-state index contributed by atoms with van der Waals surface area (Å²) in [5.74, 6) is -0.493. The van der Waals surface area contributed by atoms with Crippen molar-refractivity contribution in [2.75, 3.05) is 0 Å². The number of rotatable bonds is 2. The third-order valence-electron chi connectivity index (χ3n) is 2.24. The van der Waals surface area contributed by atoms with E-state index in [1.807, 2.05) is 19.1 Å². The molecule has 0 bridgehead atoms. The molecule has 3 nitrogen and oxygen atoms in total. The normalized spacial score (nSPS) is 17.4. The zero-order chi connectivity index (χ0) is 12.4. The Hall–Kier alpha value is -1.46. The molecule has 1 aliphatic heterocycles. The van der Waals surface area contributed by atoms with Crippen LogP contribution in [0.5, 0.6) is 0 Å². The third kappa shape index (κ3) is 2.81. The lowest BCUT2D eigenvalue weighted by atomic mass is 10.1. The van der Waals surface area contributed by atoms with Crippen molar-refractivity contribution in [3.63, 3.8) is 0 Å². The molecule has 1 N–H and O–H groups in total. The van der Waals surface area contributed by atoms with Crippen LogP contribution in [0, 0.1) is 6.92 Å². The Morgan fingerprint density at radius 1 is 1.35 bits per heavy atom. The molecule has 86 valence electrons. The van der Waals surface area contributed by atoms with Crippen molar-refractivity contribution in [2.45, 2.75) is 6.92 Å². The first-order chi connectivity index (χ1) is 8.06. The average Bonchev–Trinajstić information content (AvgIpc) is 2.58. The van der Waals surface area contributed by atoms with Gasteiger partial charge in [-0.25, -0.2) is 0 Å². The van der Waals surface area contributed by atoms with Gasteiger partial charge >= 0.3 is 0 Å². The van der Waals surface area contributed by atoms with Crippen LogP contribution in [0.25, 0.3) is 0 Å². The summed E-state index contributed by atoms with van der Waals surface area (Å²) in [4.78, 5) is 23.6. The van der Waals surface area contributed by atoms with Gasteiger partial charge in [0.25, 0.3) is 5.91 Å². The van der Waals surface area contributed by atoms with Crippen LogP contribution in [-0.4, -0.2) is 16.0 Å². The van der Waals surface area contributed by atoms with Crippen molar-refractivity contribution in [3.8, 4) is 0 Å². The summed E-state index contributed by atoms with van der Waals surface area (Å²) in [6, 6.07) is 7.20. The van der Waals surface area contributed by atoms with Gasteiger partial charge in [-0.05, 0) is 6.92 Å². The first-order valence-corrected chi connectivity index (χ1v) is 6.14. The van der Waals surface area contributed by atoms with Crippen LogP contribution in [0.2, 0.25) is 0 Å². The Morgan fingerprint density at radius 2 is 2.00 bits per heavy atom. The topological polar surface area (TPSA) is 46.2 Å². The molecular weight excluding hydrogens is 254 g/mol. The van der Waals surface area contributed by atoms with E-state index >= 15 is 0 Å². The van der Waals surface area contributed by atoms with E-state index in [4.69, 9.17) is 12.2 Å². The third-order valence-corrected chi connectivity index (χ3v) is 3.40. The van der Waals surface area contributed by atoms with E-state index in [-0.39, 0.29) is 11.7 Å². The van der Waals surface area contributed by atoms with E-state index in [1.165, 1.54) is 6.08 Å². The first kappa shape index (κ1) is 12.0. The second kappa shape index (κ2) is 4.81. The van der Waals surface area contributed by atoms with Crippen LogP contribution in [-0.2, 0) is 4.79 Å². The van der Waals surface area contributed by atoms with E-state index in [0.717, 1.165) is 17.3 Å². The van der Waals surface area contributed by atoms with Crippen LogP contribution in [0.15, 0.2) is 35.2 Å². The van der Waals surface area contributed by atoms with Gasteiger partial charge in [0.05, 0.1) is 4.91 Å². The van der Waals surface area contributed by atoms with E-state index in [1.54, 1.807) is 12.1 Å². The molecule has 1 aromatic rings. The van der Waals surface area contributed by atoms with Gasteiger partial charge in [-0.15, -0.1) is 0 Å². The van der Waals surface area contributed by atoms with E-state index in [0.29, 0.717) is 14.8 Å². The fourth-order valence-electron chi connectivity index (χ4n) is 1.34. The Kier molecular flexibility index (Phi) is 3.40. The van der Waals surface area contributed by atoms with Crippen LogP contribution < -0.4 is 5.32 Å². The molecule has 0 aliphatic carbocycles. The maximum atomic E-state index is 11.9. The van der Waals surface area contributed by atoms with Gasteiger partial charge in [0.15, 0.2) is 5.78 Å². The summed E-state index contributed by atoms with van der Waals surface area (Å²) >= 11 is 5.95. The molecule has 1 heterocycles. The number of thioether (sulfide) groups is 1. The minimum Gasteiger partial charge on any atom is -0.307 e. The molecule has 1 aromatic carbocycles.